The molecule has 1 aliphatic heterocycles. The molecule has 1 aliphatic rings. The van der Waals surface area contributed by atoms with Crippen LogP contribution in [0.3, 0.4) is 0 Å². The number of nitrogens with zero attached hydrogens (tertiary/aromatic N) is 2. The molecule has 0 atom stereocenters. The van der Waals surface area contributed by atoms with Gasteiger partial charge < -0.3 is 18.9 Å². The zero-order chi connectivity index (χ0) is 16.9. The summed E-state index contributed by atoms with van der Waals surface area (Å²) in [6.45, 7) is 2.80. The van der Waals surface area contributed by atoms with Crippen LogP contribution in [0, 0.1) is 6.92 Å². The van der Waals surface area contributed by atoms with Crippen molar-refractivity contribution >= 4 is 11.6 Å². The van der Waals surface area contributed by atoms with Crippen LogP contribution >= 0.6 is 0 Å². The van der Waals surface area contributed by atoms with Crippen LogP contribution in [0.4, 0.5) is 5.69 Å². The maximum atomic E-state index is 12.6. The minimum Gasteiger partial charge on any atom is -0.496 e. The largest absolute Gasteiger partial charge is 0.496 e. The van der Waals surface area contributed by atoms with Crippen LogP contribution in [0.15, 0.2) is 28.8 Å². The molecule has 2 aromatic rings. The fraction of sp³-hybridized carbons (Fsp3) is 0.444. The summed E-state index contributed by atoms with van der Waals surface area (Å²) < 4.78 is 16.0. The Kier molecular flexibility index (Phi) is 5.15. The van der Waals surface area contributed by atoms with Crippen LogP contribution in [0.2, 0.25) is 0 Å². The van der Waals surface area contributed by atoms with Crippen LogP contribution in [0.5, 0.6) is 5.75 Å². The van der Waals surface area contributed by atoms with E-state index in [0.29, 0.717) is 12.2 Å². The van der Waals surface area contributed by atoms with E-state index >= 15 is 0 Å². The molecule has 1 amide bonds. The first-order valence-electron chi connectivity index (χ1n) is 8.15. The zero-order valence-corrected chi connectivity index (χ0v) is 14.1. The molecular weight excluding hydrogens is 308 g/mol. The van der Waals surface area contributed by atoms with E-state index in [9.17, 15) is 4.79 Å². The smallest absolute Gasteiger partial charge is 0.252 e. The van der Waals surface area contributed by atoms with Gasteiger partial charge >= 0.3 is 0 Å². The van der Waals surface area contributed by atoms with Crippen molar-refractivity contribution < 1.29 is 18.8 Å². The molecule has 24 heavy (non-hydrogen) atoms. The number of carbonyl (C=O) groups is 1. The van der Waals surface area contributed by atoms with Gasteiger partial charge in [-0.15, -0.1) is 0 Å². The summed E-state index contributed by atoms with van der Waals surface area (Å²) in [7, 11) is 1.66. The van der Waals surface area contributed by atoms with Gasteiger partial charge in [0.2, 0.25) is 0 Å². The lowest BCUT2D eigenvalue weighted by molar-refractivity contribution is -0.123. The molecule has 0 saturated carbocycles. The first-order chi connectivity index (χ1) is 11.7. The predicted octanol–water partition coefficient (Wildman–Crippen LogP) is 2.88. The van der Waals surface area contributed by atoms with Crippen molar-refractivity contribution in [3.8, 4) is 5.75 Å². The quantitative estimate of drug-likeness (QED) is 0.843. The number of methoxy groups -OCH3 is 1. The predicted molar refractivity (Wildman–Crippen MR) is 89.2 cm³/mol. The minimum atomic E-state index is -0.0494. The van der Waals surface area contributed by atoms with Crippen LogP contribution in [-0.2, 0) is 22.6 Å². The molecule has 0 saturated heterocycles. The van der Waals surface area contributed by atoms with Crippen molar-refractivity contribution in [2.24, 2.45) is 0 Å². The number of benzene rings is 1. The lowest BCUT2D eigenvalue weighted by atomic mass is 10.1. The number of rotatable bonds is 5. The van der Waals surface area contributed by atoms with Gasteiger partial charge in [-0.3, -0.25) is 4.79 Å². The molecule has 0 spiro atoms. The van der Waals surface area contributed by atoms with Gasteiger partial charge in [0.1, 0.15) is 23.8 Å². The Balaban J connectivity index is 1.68. The number of carbonyl (C=O) groups excluding carboxylic acids is 1. The number of aryl methyl sites for hydroxylation is 1. The van der Waals surface area contributed by atoms with E-state index in [1.165, 1.54) is 0 Å². The molecule has 0 unspecified atom stereocenters. The Bertz CT molecular complexity index is 711. The molecule has 0 N–H and O–H groups in total. The van der Waals surface area contributed by atoms with Crippen molar-refractivity contribution in [1.29, 1.82) is 0 Å². The van der Waals surface area contributed by atoms with Gasteiger partial charge in [-0.1, -0.05) is 11.2 Å². The molecule has 1 aromatic heterocycles. The van der Waals surface area contributed by atoms with Gasteiger partial charge in [-0.2, -0.15) is 0 Å². The highest BCUT2D eigenvalue weighted by atomic mass is 16.5. The van der Waals surface area contributed by atoms with Crippen LogP contribution < -0.4 is 9.64 Å². The van der Waals surface area contributed by atoms with Crippen molar-refractivity contribution in [2.75, 3.05) is 25.2 Å². The second-order valence-corrected chi connectivity index (χ2v) is 5.88. The maximum Gasteiger partial charge on any atom is 0.252 e. The van der Waals surface area contributed by atoms with Crippen molar-refractivity contribution in [2.45, 2.75) is 32.8 Å². The molecular formula is C18H22N2O4. The Hall–Kier alpha value is -2.34. The molecule has 6 nitrogen and oxygen atoms in total. The second-order valence-electron chi connectivity index (χ2n) is 5.88. The van der Waals surface area contributed by atoms with Crippen molar-refractivity contribution in [3.63, 3.8) is 0 Å². The average molecular weight is 330 g/mol. The van der Waals surface area contributed by atoms with E-state index in [-0.39, 0.29) is 19.1 Å². The van der Waals surface area contributed by atoms with Crippen LogP contribution in [-0.4, -0.2) is 31.3 Å². The van der Waals surface area contributed by atoms with E-state index in [1.807, 2.05) is 25.1 Å². The Morgan fingerprint density at radius 2 is 2.25 bits per heavy atom. The third-order valence-corrected chi connectivity index (χ3v) is 4.13. The monoisotopic (exact) mass is 330 g/mol. The van der Waals surface area contributed by atoms with Gasteiger partial charge in [-0.05, 0) is 38.3 Å². The average Bonchev–Trinajstić information content (AvgIpc) is 2.88. The number of hydrogen-bond acceptors (Lipinski definition) is 5. The van der Waals surface area contributed by atoms with E-state index in [4.69, 9.17) is 14.0 Å². The molecule has 6 heteroatoms. The summed E-state index contributed by atoms with van der Waals surface area (Å²) in [4.78, 5) is 14.4. The number of fused-ring (bicyclic) bond motifs is 1. The zero-order valence-electron chi connectivity index (χ0n) is 14.1. The van der Waals surface area contributed by atoms with Gasteiger partial charge in [0.15, 0.2) is 0 Å². The SMILES string of the molecule is COc1cccc2c1CCCCN2C(=O)COCc1cc(C)on1. The fourth-order valence-electron chi connectivity index (χ4n) is 3.01. The Morgan fingerprint density at radius 1 is 1.38 bits per heavy atom. The van der Waals surface area contributed by atoms with Gasteiger partial charge in [0, 0.05) is 18.2 Å². The van der Waals surface area contributed by atoms with E-state index in [0.717, 1.165) is 42.0 Å². The third-order valence-electron chi connectivity index (χ3n) is 4.13. The highest BCUT2D eigenvalue weighted by Gasteiger charge is 2.23. The molecule has 0 bridgehead atoms. The molecule has 2 heterocycles. The minimum absolute atomic E-state index is 0.0164. The summed E-state index contributed by atoms with van der Waals surface area (Å²) in [6, 6.07) is 7.64. The highest BCUT2D eigenvalue weighted by molar-refractivity contribution is 5.95. The number of aromatic nitrogens is 1. The lowest BCUT2D eigenvalue weighted by Crippen LogP contribution is -2.34. The Morgan fingerprint density at radius 3 is 3.00 bits per heavy atom. The molecule has 128 valence electrons. The number of hydrogen-bond donors (Lipinski definition) is 0. The topological polar surface area (TPSA) is 64.8 Å². The fourth-order valence-corrected chi connectivity index (χ4v) is 3.01. The number of anilines is 1. The van der Waals surface area contributed by atoms with Gasteiger partial charge in [0.25, 0.3) is 5.91 Å². The number of ether oxygens (including phenoxy) is 2. The van der Waals surface area contributed by atoms with E-state index in [1.54, 1.807) is 18.1 Å². The molecule has 0 fully saturated rings. The van der Waals surface area contributed by atoms with Gasteiger partial charge in [0.05, 0.1) is 19.4 Å². The first kappa shape index (κ1) is 16.5. The van der Waals surface area contributed by atoms with Crippen LogP contribution in [0.1, 0.15) is 29.9 Å². The van der Waals surface area contributed by atoms with Crippen molar-refractivity contribution in [3.05, 3.63) is 41.3 Å². The van der Waals surface area contributed by atoms with Crippen LogP contribution in [0.25, 0.3) is 0 Å². The van der Waals surface area contributed by atoms with Gasteiger partial charge in [-0.25, -0.2) is 0 Å². The normalized spacial score (nSPS) is 14.2. The molecule has 3 rings (SSSR count). The lowest BCUT2D eigenvalue weighted by Gasteiger charge is -2.23. The highest BCUT2D eigenvalue weighted by Crippen LogP contribution is 2.33. The summed E-state index contributed by atoms with van der Waals surface area (Å²) in [5.41, 5.74) is 2.72. The first-order valence-corrected chi connectivity index (χ1v) is 8.15. The second kappa shape index (κ2) is 7.49. The van der Waals surface area contributed by atoms with Crippen molar-refractivity contribution in [1.82, 2.24) is 5.16 Å². The standard InChI is InChI=1S/C18H22N2O4/c1-13-10-14(19-24-13)11-23-12-18(21)20-9-4-3-6-15-16(20)7-5-8-17(15)22-2/h5,7-8,10H,3-4,6,9,11-12H2,1-2H3. The van der Waals surface area contributed by atoms with E-state index < -0.39 is 0 Å². The molecule has 1 aromatic carbocycles. The third kappa shape index (κ3) is 3.59. The maximum absolute atomic E-state index is 12.6. The molecule has 0 radical (unpaired) electrons. The summed E-state index contributed by atoms with van der Waals surface area (Å²) in [5, 5.41) is 3.86. The molecule has 0 aliphatic carbocycles. The van der Waals surface area contributed by atoms with E-state index in [2.05, 4.69) is 5.16 Å². The summed E-state index contributed by atoms with van der Waals surface area (Å²) in [5.74, 6) is 1.52. The summed E-state index contributed by atoms with van der Waals surface area (Å²) >= 11 is 0. The summed E-state index contributed by atoms with van der Waals surface area (Å²) in [6.07, 6.45) is 2.92. The number of amides is 1. The Labute approximate surface area is 141 Å².